The summed E-state index contributed by atoms with van der Waals surface area (Å²) in [6, 6.07) is 6.50. The van der Waals surface area contributed by atoms with Crippen LogP contribution in [0.3, 0.4) is 0 Å². The van der Waals surface area contributed by atoms with Gasteiger partial charge in [-0.2, -0.15) is 0 Å². The van der Waals surface area contributed by atoms with Crippen molar-refractivity contribution in [1.29, 1.82) is 0 Å². The number of halogens is 2. The van der Waals surface area contributed by atoms with Crippen molar-refractivity contribution in [1.82, 2.24) is 5.32 Å². The molecule has 1 aromatic rings. The van der Waals surface area contributed by atoms with E-state index in [1.54, 1.807) is 0 Å². The highest BCUT2D eigenvalue weighted by Crippen LogP contribution is 2.33. The summed E-state index contributed by atoms with van der Waals surface area (Å²) in [5, 5.41) is 4.43. The number of allylic oxidation sites excluding steroid dienone is 1. The van der Waals surface area contributed by atoms with Gasteiger partial charge in [0.1, 0.15) is 0 Å². The topological polar surface area (TPSA) is 12.0 Å². The number of rotatable bonds is 4. The van der Waals surface area contributed by atoms with Crippen LogP contribution in [-0.2, 0) is 0 Å². The maximum absolute atomic E-state index is 6.15. The molecule has 0 aromatic heterocycles. The van der Waals surface area contributed by atoms with E-state index in [4.69, 9.17) is 11.6 Å². The van der Waals surface area contributed by atoms with Crippen LogP contribution in [0.1, 0.15) is 44.2 Å². The normalized spacial score (nSPS) is 17.4. The van der Waals surface area contributed by atoms with E-state index in [1.807, 2.05) is 6.07 Å². The third kappa shape index (κ3) is 3.49. The number of hydrogen-bond acceptors (Lipinski definition) is 1. The van der Waals surface area contributed by atoms with Crippen molar-refractivity contribution in [3.8, 4) is 0 Å². The number of nitrogens with one attached hydrogen (secondary N) is 1. The highest BCUT2D eigenvalue weighted by Gasteiger charge is 2.19. The molecule has 0 radical (unpaired) electrons. The zero-order valence-corrected chi connectivity index (χ0v) is 13.6. The molecule has 1 aliphatic rings. The lowest BCUT2D eigenvalue weighted by Crippen LogP contribution is -2.24. The summed E-state index contributed by atoms with van der Waals surface area (Å²) < 4.78 is 1.29. The monoisotopic (exact) mass is 375 g/mol. The maximum atomic E-state index is 6.15. The lowest BCUT2D eigenvalue weighted by molar-refractivity contribution is 0.562. The van der Waals surface area contributed by atoms with Crippen molar-refractivity contribution in [3.63, 3.8) is 0 Å². The second kappa shape index (κ2) is 6.92. The van der Waals surface area contributed by atoms with Gasteiger partial charge in [0.25, 0.3) is 0 Å². The minimum absolute atomic E-state index is 0.334. The molecule has 1 N–H and O–H groups in total. The van der Waals surface area contributed by atoms with Gasteiger partial charge in [0, 0.05) is 8.59 Å². The lowest BCUT2D eigenvalue weighted by atomic mass is 9.90. The Hall–Kier alpha value is -0.0600. The van der Waals surface area contributed by atoms with Crippen LogP contribution >= 0.6 is 34.2 Å². The highest BCUT2D eigenvalue weighted by molar-refractivity contribution is 14.1. The maximum Gasteiger partial charge on any atom is 0.0547 e. The first-order chi connectivity index (χ1) is 8.72. The SMILES string of the molecule is CCNC(C1=CCCCC1)c1cc(Cl)ccc1I. The van der Waals surface area contributed by atoms with Gasteiger partial charge in [-0.15, -0.1) is 0 Å². The third-order valence-electron chi connectivity index (χ3n) is 3.37. The van der Waals surface area contributed by atoms with Crippen LogP contribution in [0.4, 0.5) is 0 Å². The molecular weight excluding hydrogens is 357 g/mol. The van der Waals surface area contributed by atoms with E-state index in [2.05, 4.69) is 53.0 Å². The quantitative estimate of drug-likeness (QED) is 0.570. The molecule has 3 heteroatoms. The predicted molar refractivity (Wildman–Crippen MR) is 87.1 cm³/mol. The summed E-state index contributed by atoms with van der Waals surface area (Å²) in [4.78, 5) is 0. The molecule has 1 aromatic carbocycles. The first-order valence-electron chi connectivity index (χ1n) is 6.59. The smallest absolute Gasteiger partial charge is 0.0547 e. The van der Waals surface area contributed by atoms with Crippen LogP contribution in [0.15, 0.2) is 29.8 Å². The minimum atomic E-state index is 0.334. The van der Waals surface area contributed by atoms with E-state index >= 15 is 0 Å². The van der Waals surface area contributed by atoms with Crippen LogP contribution in [-0.4, -0.2) is 6.54 Å². The summed E-state index contributed by atoms with van der Waals surface area (Å²) >= 11 is 8.55. The van der Waals surface area contributed by atoms with E-state index in [9.17, 15) is 0 Å². The molecule has 0 spiro atoms. The Kier molecular flexibility index (Phi) is 5.52. The van der Waals surface area contributed by atoms with Crippen LogP contribution in [0, 0.1) is 3.57 Å². The van der Waals surface area contributed by atoms with Gasteiger partial charge in [0.2, 0.25) is 0 Å². The first-order valence-corrected chi connectivity index (χ1v) is 8.05. The standard InChI is InChI=1S/C15H19ClIN/c1-2-18-15(11-6-4-3-5-7-11)13-10-12(16)8-9-14(13)17/h6,8-10,15,18H,2-5,7H2,1H3. The average molecular weight is 376 g/mol. The molecule has 98 valence electrons. The summed E-state index contributed by atoms with van der Waals surface area (Å²) in [5.41, 5.74) is 2.85. The van der Waals surface area contributed by atoms with Crippen LogP contribution < -0.4 is 5.32 Å². The molecule has 1 atom stereocenters. The summed E-state index contributed by atoms with van der Waals surface area (Å²) in [5.74, 6) is 0. The van der Waals surface area contributed by atoms with Crippen LogP contribution in [0.25, 0.3) is 0 Å². The Morgan fingerprint density at radius 2 is 2.22 bits per heavy atom. The van der Waals surface area contributed by atoms with Gasteiger partial charge in [-0.1, -0.05) is 30.2 Å². The lowest BCUT2D eigenvalue weighted by Gasteiger charge is -2.25. The van der Waals surface area contributed by atoms with Gasteiger partial charge in [-0.25, -0.2) is 0 Å². The van der Waals surface area contributed by atoms with Gasteiger partial charge < -0.3 is 5.32 Å². The molecular formula is C15H19ClIN. The second-order valence-corrected chi connectivity index (χ2v) is 6.28. The summed E-state index contributed by atoms with van der Waals surface area (Å²) in [6.45, 7) is 3.14. The van der Waals surface area contributed by atoms with Crippen molar-refractivity contribution in [2.75, 3.05) is 6.54 Å². The molecule has 0 bridgehead atoms. The van der Waals surface area contributed by atoms with Gasteiger partial charge >= 0.3 is 0 Å². The van der Waals surface area contributed by atoms with Crippen molar-refractivity contribution in [2.24, 2.45) is 0 Å². The molecule has 1 aliphatic carbocycles. The Morgan fingerprint density at radius 3 is 2.89 bits per heavy atom. The Labute approximate surface area is 128 Å². The minimum Gasteiger partial charge on any atom is -0.307 e. The molecule has 1 nitrogen and oxygen atoms in total. The fourth-order valence-corrected chi connectivity index (χ4v) is 3.33. The predicted octanol–water partition coefficient (Wildman–Crippen LogP) is 5.10. The number of likely N-dealkylation sites (N-methyl/N-ethyl adjacent to an activating group) is 1. The van der Waals surface area contributed by atoms with Crippen molar-refractivity contribution in [2.45, 2.75) is 38.6 Å². The van der Waals surface area contributed by atoms with Crippen LogP contribution in [0.2, 0.25) is 5.02 Å². The fourth-order valence-electron chi connectivity index (χ4n) is 2.51. The van der Waals surface area contributed by atoms with E-state index in [1.165, 1.54) is 40.4 Å². The van der Waals surface area contributed by atoms with E-state index in [0.717, 1.165) is 11.6 Å². The van der Waals surface area contributed by atoms with Crippen molar-refractivity contribution < 1.29 is 0 Å². The van der Waals surface area contributed by atoms with Gasteiger partial charge in [-0.3, -0.25) is 0 Å². The molecule has 1 unspecified atom stereocenters. The second-order valence-electron chi connectivity index (χ2n) is 4.68. The summed E-state index contributed by atoms with van der Waals surface area (Å²) in [6.07, 6.45) is 7.47. The zero-order valence-electron chi connectivity index (χ0n) is 10.7. The van der Waals surface area contributed by atoms with E-state index in [0.29, 0.717) is 6.04 Å². The molecule has 0 saturated heterocycles. The zero-order chi connectivity index (χ0) is 13.0. The first kappa shape index (κ1) is 14.4. The van der Waals surface area contributed by atoms with Crippen LogP contribution in [0.5, 0.6) is 0 Å². The van der Waals surface area contributed by atoms with Crippen molar-refractivity contribution >= 4 is 34.2 Å². The van der Waals surface area contributed by atoms with Gasteiger partial charge in [0.05, 0.1) is 6.04 Å². The molecule has 18 heavy (non-hydrogen) atoms. The Bertz CT molecular complexity index is 442. The fraction of sp³-hybridized carbons (Fsp3) is 0.467. The highest BCUT2D eigenvalue weighted by atomic mass is 127. The molecule has 2 rings (SSSR count). The van der Waals surface area contributed by atoms with Gasteiger partial charge in [-0.05, 0) is 78.6 Å². The number of hydrogen-bond donors (Lipinski definition) is 1. The largest absolute Gasteiger partial charge is 0.307 e. The Morgan fingerprint density at radius 1 is 1.39 bits per heavy atom. The van der Waals surface area contributed by atoms with E-state index < -0.39 is 0 Å². The molecule has 0 aliphatic heterocycles. The van der Waals surface area contributed by atoms with Gasteiger partial charge in [0.15, 0.2) is 0 Å². The molecule has 0 fully saturated rings. The molecule has 0 saturated carbocycles. The summed E-state index contributed by atoms with van der Waals surface area (Å²) in [7, 11) is 0. The van der Waals surface area contributed by atoms with Crippen molar-refractivity contribution in [3.05, 3.63) is 44.0 Å². The number of benzene rings is 1. The average Bonchev–Trinajstić information content (AvgIpc) is 2.40. The van der Waals surface area contributed by atoms with E-state index in [-0.39, 0.29) is 0 Å². The molecule has 0 heterocycles. The third-order valence-corrected chi connectivity index (χ3v) is 4.59. The molecule has 0 amide bonds. The Balaban J connectivity index is 2.34.